The average molecular weight is 285 g/mol. The van der Waals surface area contributed by atoms with Crippen molar-refractivity contribution in [2.45, 2.75) is 37.8 Å². The number of benzene rings is 1. The zero-order valence-corrected chi connectivity index (χ0v) is 13.3. The molecule has 4 rings (SSSR count). The van der Waals surface area contributed by atoms with Gasteiger partial charge in [-0.15, -0.1) is 0 Å². The van der Waals surface area contributed by atoms with Crippen molar-refractivity contribution in [3.8, 4) is 0 Å². The summed E-state index contributed by atoms with van der Waals surface area (Å²) >= 11 is 0. The Hall–Kier alpha value is -1.06. The SMILES string of the molecule is CNCC1CCN(C2CC2)C1c1ccc2c(c1)CCN2C. The first kappa shape index (κ1) is 13.6. The number of nitrogens with zero attached hydrogens (tertiary/aromatic N) is 2. The number of rotatable bonds is 4. The number of anilines is 1. The van der Waals surface area contributed by atoms with E-state index in [4.69, 9.17) is 0 Å². The minimum absolute atomic E-state index is 0.640. The van der Waals surface area contributed by atoms with E-state index in [-0.39, 0.29) is 0 Å². The smallest absolute Gasteiger partial charge is 0.0397 e. The number of hydrogen-bond acceptors (Lipinski definition) is 3. The van der Waals surface area contributed by atoms with Crippen molar-refractivity contribution >= 4 is 5.69 Å². The van der Waals surface area contributed by atoms with Gasteiger partial charge in [-0.05, 0) is 68.9 Å². The first-order valence-electron chi connectivity index (χ1n) is 8.52. The second kappa shape index (κ2) is 5.29. The van der Waals surface area contributed by atoms with Gasteiger partial charge in [0.15, 0.2) is 0 Å². The van der Waals surface area contributed by atoms with E-state index in [1.807, 2.05) is 0 Å². The fourth-order valence-corrected chi connectivity index (χ4v) is 4.41. The van der Waals surface area contributed by atoms with Gasteiger partial charge in [0.2, 0.25) is 0 Å². The highest BCUT2D eigenvalue weighted by Crippen LogP contribution is 2.45. The summed E-state index contributed by atoms with van der Waals surface area (Å²) in [7, 11) is 4.30. The van der Waals surface area contributed by atoms with Crippen LogP contribution in [0.15, 0.2) is 18.2 Å². The van der Waals surface area contributed by atoms with Crippen LogP contribution in [0.4, 0.5) is 5.69 Å². The van der Waals surface area contributed by atoms with Crippen molar-refractivity contribution in [3.63, 3.8) is 0 Å². The maximum absolute atomic E-state index is 3.41. The van der Waals surface area contributed by atoms with Crippen molar-refractivity contribution in [1.82, 2.24) is 10.2 Å². The van der Waals surface area contributed by atoms with Crippen LogP contribution in [0.3, 0.4) is 0 Å². The topological polar surface area (TPSA) is 18.5 Å². The summed E-state index contributed by atoms with van der Waals surface area (Å²) in [5.41, 5.74) is 4.56. The van der Waals surface area contributed by atoms with Crippen LogP contribution in [0.25, 0.3) is 0 Å². The second-order valence-electron chi connectivity index (χ2n) is 7.08. The Kier molecular flexibility index (Phi) is 3.43. The van der Waals surface area contributed by atoms with E-state index in [0.717, 1.165) is 18.5 Å². The molecule has 0 bridgehead atoms. The molecule has 0 amide bonds. The van der Waals surface area contributed by atoms with Gasteiger partial charge in [-0.25, -0.2) is 0 Å². The van der Waals surface area contributed by atoms with Crippen LogP contribution in [0.2, 0.25) is 0 Å². The third kappa shape index (κ3) is 2.36. The normalized spacial score (nSPS) is 29.1. The monoisotopic (exact) mass is 285 g/mol. The van der Waals surface area contributed by atoms with Gasteiger partial charge < -0.3 is 10.2 Å². The van der Waals surface area contributed by atoms with Crippen LogP contribution in [0, 0.1) is 5.92 Å². The first-order chi connectivity index (χ1) is 10.3. The Bertz CT molecular complexity index is 523. The molecule has 21 heavy (non-hydrogen) atoms. The molecule has 0 radical (unpaired) electrons. The third-order valence-corrected chi connectivity index (χ3v) is 5.62. The summed E-state index contributed by atoms with van der Waals surface area (Å²) in [5, 5.41) is 3.41. The molecule has 2 aliphatic heterocycles. The Morgan fingerprint density at radius 3 is 2.81 bits per heavy atom. The maximum Gasteiger partial charge on any atom is 0.0397 e. The molecule has 1 N–H and O–H groups in total. The van der Waals surface area contributed by atoms with Crippen LogP contribution < -0.4 is 10.2 Å². The van der Waals surface area contributed by atoms with Crippen molar-refractivity contribution in [2.24, 2.45) is 5.92 Å². The van der Waals surface area contributed by atoms with Crippen molar-refractivity contribution in [3.05, 3.63) is 29.3 Å². The van der Waals surface area contributed by atoms with Gasteiger partial charge in [0.05, 0.1) is 0 Å². The molecular formula is C18H27N3. The number of hydrogen-bond donors (Lipinski definition) is 1. The Morgan fingerprint density at radius 2 is 2.05 bits per heavy atom. The molecule has 1 saturated carbocycles. The van der Waals surface area contributed by atoms with Gasteiger partial charge in [-0.1, -0.05) is 12.1 Å². The fraction of sp³-hybridized carbons (Fsp3) is 0.667. The van der Waals surface area contributed by atoms with Crippen molar-refractivity contribution < 1.29 is 0 Å². The summed E-state index contributed by atoms with van der Waals surface area (Å²) in [6.07, 6.45) is 5.39. The Balaban J connectivity index is 1.65. The molecule has 3 nitrogen and oxygen atoms in total. The van der Waals surface area contributed by atoms with Gasteiger partial charge in [0.1, 0.15) is 0 Å². The highest BCUT2D eigenvalue weighted by molar-refractivity contribution is 5.58. The molecule has 1 aromatic carbocycles. The standard InChI is InChI=1S/C18H27N3/c1-19-12-15-8-10-21(16-4-5-16)18(15)14-3-6-17-13(11-14)7-9-20(17)2/h3,6,11,15-16,18-19H,4-5,7-10,12H2,1-2H3. The lowest BCUT2D eigenvalue weighted by Gasteiger charge is -2.29. The zero-order valence-electron chi connectivity index (χ0n) is 13.3. The summed E-state index contributed by atoms with van der Waals surface area (Å²) in [6, 6.07) is 8.77. The fourth-order valence-electron chi connectivity index (χ4n) is 4.41. The van der Waals surface area contributed by atoms with Crippen molar-refractivity contribution in [2.75, 3.05) is 38.6 Å². The van der Waals surface area contributed by atoms with Crippen molar-refractivity contribution in [1.29, 1.82) is 0 Å². The summed E-state index contributed by atoms with van der Waals surface area (Å²) in [4.78, 5) is 5.18. The number of likely N-dealkylation sites (N-methyl/N-ethyl adjacent to an activating group) is 1. The number of fused-ring (bicyclic) bond motifs is 1. The maximum atomic E-state index is 3.41. The molecule has 2 atom stereocenters. The Morgan fingerprint density at radius 1 is 1.19 bits per heavy atom. The van der Waals surface area contributed by atoms with Gasteiger partial charge in [0.25, 0.3) is 0 Å². The molecule has 0 spiro atoms. The quantitative estimate of drug-likeness (QED) is 0.916. The van der Waals surface area contributed by atoms with Crippen LogP contribution in [-0.4, -0.2) is 44.7 Å². The van der Waals surface area contributed by atoms with Crippen LogP contribution >= 0.6 is 0 Å². The minimum Gasteiger partial charge on any atom is -0.374 e. The predicted octanol–water partition coefficient (Wildman–Crippen LogP) is 2.42. The highest BCUT2D eigenvalue weighted by atomic mass is 15.2. The summed E-state index contributed by atoms with van der Waals surface area (Å²) < 4.78 is 0. The molecule has 114 valence electrons. The van der Waals surface area contributed by atoms with E-state index in [1.54, 1.807) is 11.1 Å². The molecule has 2 unspecified atom stereocenters. The lowest BCUT2D eigenvalue weighted by molar-refractivity contribution is 0.217. The predicted molar refractivity (Wildman–Crippen MR) is 87.9 cm³/mol. The molecule has 1 aromatic rings. The Labute approximate surface area is 128 Å². The number of nitrogens with one attached hydrogen (secondary N) is 1. The molecule has 1 saturated heterocycles. The molecule has 2 fully saturated rings. The van der Waals surface area contributed by atoms with E-state index >= 15 is 0 Å². The van der Waals surface area contributed by atoms with Gasteiger partial charge in [0, 0.05) is 31.4 Å². The number of likely N-dealkylation sites (tertiary alicyclic amines) is 1. The lowest BCUT2D eigenvalue weighted by atomic mass is 9.92. The van der Waals surface area contributed by atoms with Crippen LogP contribution in [0.1, 0.15) is 36.4 Å². The lowest BCUT2D eigenvalue weighted by Crippen LogP contribution is -2.30. The largest absolute Gasteiger partial charge is 0.374 e. The van der Waals surface area contributed by atoms with E-state index in [0.29, 0.717) is 6.04 Å². The third-order valence-electron chi connectivity index (χ3n) is 5.62. The highest BCUT2D eigenvalue weighted by Gasteiger charge is 2.42. The zero-order chi connectivity index (χ0) is 14.4. The van der Waals surface area contributed by atoms with Gasteiger partial charge in [-0.2, -0.15) is 0 Å². The first-order valence-corrected chi connectivity index (χ1v) is 8.52. The van der Waals surface area contributed by atoms with Gasteiger partial charge >= 0.3 is 0 Å². The van der Waals surface area contributed by atoms with Crippen LogP contribution in [-0.2, 0) is 6.42 Å². The summed E-state index contributed by atoms with van der Waals surface area (Å²) in [5.74, 6) is 0.771. The van der Waals surface area contributed by atoms with E-state index < -0.39 is 0 Å². The molecular weight excluding hydrogens is 258 g/mol. The summed E-state index contributed by atoms with van der Waals surface area (Å²) in [6.45, 7) is 3.61. The van der Waals surface area contributed by atoms with Crippen LogP contribution in [0.5, 0.6) is 0 Å². The van der Waals surface area contributed by atoms with E-state index in [9.17, 15) is 0 Å². The van der Waals surface area contributed by atoms with E-state index in [1.165, 1.54) is 44.5 Å². The second-order valence-corrected chi connectivity index (χ2v) is 7.08. The average Bonchev–Trinajstić information content (AvgIpc) is 3.16. The molecule has 3 heteroatoms. The molecule has 1 aliphatic carbocycles. The minimum atomic E-state index is 0.640. The molecule has 3 aliphatic rings. The molecule has 0 aromatic heterocycles. The molecule has 2 heterocycles. The van der Waals surface area contributed by atoms with E-state index in [2.05, 4.69) is 47.4 Å². The van der Waals surface area contributed by atoms with Gasteiger partial charge in [-0.3, -0.25) is 4.90 Å².